The van der Waals surface area contributed by atoms with Gasteiger partial charge in [0, 0.05) is 11.5 Å². The molecule has 3 fully saturated rings. The van der Waals surface area contributed by atoms with Crippen molar-refractivity contribution in [3.63, 3.8) is 0 Å². The molecular formula is C35H28N2O10. The number of ether oxygens (including phenoxy) is 1. The SMILES string of the molecule is COc1cccc(O)c1[C@H]1C2=CC[C@@H]3C(=O)N(c4cccc(C(=O)O)c4)C(=O)[C@@H]3[C@@H]2C[C@H]2C(=O)N(c3cccc(C(=O)O)c3)C(=O)[C@@H]12. The fraction of sp³-hybridized carbons (Fsp3) is 0.257. The van der Waals surface area contributed by atoms with Gasteiger partial charge in [0.25, 0.3) is 0 Å². The van der Waals surface area contributed by atoms with Gasteiger partial charge >= 0.3 is 11.9 Å². The minimum Gasteiger partial charge on any atom is -0.508 e. The van der Waals surface area contributed by atoms with E-state index in [4.69, 9.17) is 4.74 Å². The molecule has 2 heterocycles. The number of carbonyl (C=O) groups is 6. The first-order valence-corrected chi connectivity index (χ1v) is 15.0. The van der Waals surface area contributed by atoms with Crippen molar-refractivity contribution in [2.24, 2.45) is 29.6 Å². The van der Waals surface area contributed by atoms with Crippen LogP contribution in [0.1, 0.15) is 45.0 Å². The van der Waals surface area contributed by atoms with E-state index >= 15 is 0 Å². The number of hydrogen-bond acceptors (Lipinski definition) is 8. The third-order valence-corrected chi connectivity index (χ3v) is 9.93. The van der Waals surface area contributed by atoms with E-state index in [1.165, 1.54) is 61.7 Å². The summed E-state index contributed by atoms with van der Waals surface area (Å²) in [4.78, 5) is 81.8. The number of phenolic OH excluding ortho intramolecular Hbond substituents is 1. The first-order chi connectivity index (χ1) is 22.5. The Morgan fingerprint density at radius 1 is 0.723 bits per heavy atom. The number of phenols is 1. The number of benzene rings is 3. The lowest BCUT2D eigenvalue weighted by molar-refractivity contribution is -0.126. The Kier molecular flexibility index (Phi) is 6.96. The Morgan fingerprint density at radius 3 is 1.85 bits per heavy atom. The number of fused-ring (bicyclic) bond motifs is 4. The summed E-state index contributed by atoms with van der Waals surface area (Å²) in [5.74, 6) is -9.83. The quantitative estimate of drug-likeness (QED) is 0.266. The average Bonchev–Trinajstić information content (AvgIpc) is 3.47. The molecule has 1 saturated carbocycles. The molecule has 0 spiro atoms. The molecule has 47 heavy (non-hydrogen) atoms. The molecule has 2 saturated heterocycles. The van der Waals surface area contributed by atoms with Crippen LogP contribution in [0.15, 0.2) is 78.4 Å². The van der Waals surface area contributed by atoms with Crippen molar-refractivity contribution in [2.75, 3.05) is 16.9 Å². The number of amides is 4. The van der Waals surface area contributed by atoms with E-state index in [-0.39, 0.29) is 52.4 Å². The number of rotatable bonds is 6. The zero-order valence-electron chi connectivity index (χ0n) is 24.9. The molecule has 3 N–H and O–H groups in total. The maximum absolute atomic E-state index is 14.3. The molecule has 4 amide bonds. The van der Waals surface area contributed by atoms with Crippen molar-refractivity contribution in [2.45, 2.75) is 18.8 Å². The van der Waals surface area contributed by atoms with Gasteiger partial charge in [0.15, 0.2) is 0 Å². The molecule has 0 unspecified atom stereocenters. The summed E-state index contributed by atoms with van der Waals surface area (Å²) >= 11 is 0. The van der Waals surface area contributed by atoms with E-state index in [1.807, 2.05) is 6.08 Å². The van der Waals surface area contributed by atoms with Crippen LogP contribution >= 0.6 is 0 Å². The number of allylic oxidation sites excluding steroid dienone is 2. The summed E-state index contributed by atoms with van der Waals surface area (Å²) in [6, 6.07) is 15.7. The minimum atomic E-state index is -1.23. The molecule has 3 aromatic carbocycles. The topological polar surface area (TPSA) is 179 Å². The van der Waals surface area contributed by atoms with Gasteiger partial charge < -0.3 is 20.1 Å². The summed E-state index contributed by atoms with van der Waals surface area (Å²) in [6.07, 6.45) is 2.00. The smallest absolute Gasteiger partial charge is 0.335 e. The number of carboxylic acid groups (broad SMARTS) is 2. The van der Waals surface area contributed by atoms with Gasteiger partial charge in [0.2, 0.25) is 23.6 Å². The highest BCUT2D eigenvalue weighted by Crippen LogP contribution is 2.60. The molecule has 12 nitrogen and oxygen atoms in total. The Labute approximate surface area is 267 Å². The van der Waals surface area contributed by atoms with E-state index in [0.29, 0.717) is 5.57 Å². The number of anilines is 2. The van der Waals surface area contributed by atoms with Gasteiger partial charge in [-0.05, 0) is 67.3 Å². The summed E-state index contributed by atoms with van der Waals surface area (Å²) in [5.41, 5.74) is 0.898. The van der Waals surface area contributed by atoms with Crippen LogP contribution in [0.3, 0.4) is 0 Å². The van der Waals surface area contributed by atoms with Crippen LogP contribution in [0.5, 0.6) is 11.5 Å². The first kappa shape index (κ1) is 29.9. The number of nitrogens with zero attached hydrogens (tertiary/aromatic N) is 2. The zero-order chi connectivity index (χ0) is 33.3. The number of methoxy groups -OCH3 is 1. The largest absolute Gasteiger partial charge is 0.508 e. The van der Waals surface area contributed by atoms with Crippen LogP contribution in [0.2, 0.25) is 0 Å². The summed E-state index contributed by atoms with van der Waals surface area (Å²) in [7, 11) is 1.41. The lowest BCUT2D eigenvalue weighted by Crippen LogP contribution is -2.43. The van der Waals surface area contributed by atoms with Gasteiger partial charge in [0.1, 0.15) is 11.5 Å². The molecule has 2 aliphatic heterocycles. The summed E-state index contributed by atoms with van der Waals surface area (Å²) < 4.78 is 5.61. The molecule has 0 bridgehead atoms. The predicted molar refractivity (Wildman–Crippen MR) is 164 cm³/mol. The van der Waals surface area contributed by atoms with Crippen LogP contribution in [0.25, 0.3) is 0 Å². The second-order valence-electron chi connectivity index (χ2n) is 12.2. The first-order valence-electron chi connectivity index (χ1n) is 15.0. The standard InChI is InChI=1S/C35H28N2O10/c1-47-25-10-4-9-24(38)29(25)27-20-11-12-21-26(32(41)36(30(21)39)18-7-2-5-16(13-18)34(43)44)22(20)15-23-28(27)33(42)37(31(23)40)19-8-3-6-17(14-19)35(45)46/h2-11,13-14,21-23,26-28,38H,12,15H2,1H3,(H,43,44)(H,45,46)/t21-,22+,23+,26-,27-,28+/m0/s1. The second-order valence-corrected chi connectivity index (χ2v) is 12.2. The van der Waals surface area contributed by atoms with Crippen LogP contribution in [-0.4, -0.2) is 58.0 Å². The molecule has 0 aromatic heterocycles. The molecule has 4 aliphatic rings. The summed E-state index contributed by atoms with van der Waals surface area (Å²) in [6.45, 7) is 0. The highest BCUT2D eigenvalue weighted by Gasteiger charge is 2.63. The number of imide groups is 2. The molecule has 0 radical (unpaired) electrons. The number of carboxylic acids is 2. The fourth-order valence-corrected chi connectivity index (χ4v) is 8.00. The van der Waals surface area contributed by atoms with E-state index in [1.54, 1.807) is 12.1 Å². The molecule has 2 aliphatic carbocycles. The maximum Gasteiger partial charge on any atom is 0.335 e. The molecule has 3 aromatic rings. The number of hydrogen-bond donors (Lipinski definition) is 3. The lowest BCUT2D eigenvalue weighted by Gasteiger charge is -2.44. The third-order valence-electron chi connectivity index (χ3n) is 9.93. The molecular weight excluding hydrogens is 608 g/mol. The van der Waals surface area contributed by atoms with Crippen LogP contribution in [0.4, 0.5) is 11.4 Å². The molecule has 7 rings (SSSR count). The minimum absolute atomic E-state index is 0.0474. The molecule has 6 atom stereocenters. The Morgan fingerprint density at radius 2 is 1.28 bits per heavy atom. The van der Waals surface area contributed by atoms with E-state index in [9.17, 15) is 44.1 Å². The third kappa shape index (κ3) is 4.43. The Balaban J connectivity index is 1.35. The Bertz CT molecular complexity index is 1950. The van der Waals surface area contributed by atoms with Gasteiger partial charge in [0.05, 0.1) is 53.3 Å². The summed E-state index contributed by atoms with van der Waals surface area (Å²) in [5, 5.41) is 30.3. The van der Waals surface area contributed by atoms with Gasteiger partial charge in [-0.2, -0.15) is 0 Å². The average molecular weight is 637 g/mol. The lowest BCUT2D eigenvalue weighted by atomic mass is 9.57. The van der Waals surface area contributed by atoms with Crippen molar-refractivity contribution in [1.29, 1.82) is 0 Å². The zero-order valence-corrected chi connectivity index (χ0v) is 24.9. The van der Waals surface area contributed by atoms with Crippen molar-refractivity contribution in [1.82, 2.24) is 0 Å². The normalized spacial score (nSPS) is 26.4. The van der Waals surface area contributed by atoms with Crippen LogP contribution in [-0.2, 0) is 19.2 Å². The van der Waals surface area contributed by atoms with Crippen molar-refractivity contribution in [3.05, 3.63) is 95.1 Å². The molecule has 12 heteroatoms. The van der Waals surface area contributed by atoms with E-state index in [0.717, 1.165) is 9.80 Å². The van der Waals surface area contributed by atoms with Gasteiger partial charge in [-0.25, -0.2) is 9.59 Å². The monoisotopic (exact) mass is 636 g/mol. The Hall–Kier alpha value is -5.78. The van der Waals surface area contributed by atoms with Crippen molar-refractivity contribution >= 4 is 46.9 Å². The number of aromatic carboxylic acids is 2. The van der Waals surface area contributed by atoms with Crippen LogP contribution in [0, 0.1) is 29.6 Å². The number of carbonyl (C=O) groups excluding carboxylic acids is 4. The fourth-order valence-electron chi connectivity index (χ4n) is 8.00. The van der Waals surface area contributed by atoms with Gasteiger partial charge in [-0.15, -0.1) is 0 Å². The van der Waals surface area contributed by atoms with Crippen molar-refractivity contribution < 1.29 is 48.8 Å². The highest BCUT2D eigenvalue weighted by atomic mass is 16.5. The predicted octanol–water partition coefficient (Wildman–Crippen LogP) is 3.84. The van der Waals surface area contributed by atoms with Gasteiger partial charge in [-0.3, -0.25) is 29.0 Å². The van der Waals surface area contributed by atoms with Gasteiger partial charge in [-0.1, -0.05) is 29.8 Å². The maximum atomic E-state index is 14.3. The second kappa shape index (κ2) is 10.9. The van der Waals surface area contributed by atoms with Crippen molar-refractivity contribution in [3.8, 4) is 11.5 Å². The highest BCUT2D eigenvalue weighted by molar-refractivity contribution is 6.24. The van der Waals surface area contributed by atoms with Crippen LogP contribution < -0.4 is 14.5 Å². The van der Waals surface area contributed by atoms with E-state index < -0.39 is 71.1 Å². The number of aromatic hydroxyl groups is 1. The molecule has 238 valence electrons. The van der Waals surface area contributed by atoms with E-state index in [2.05, 4.69) is 0 Å².